The summed E-state index contributed by atoms with van der Waals surface area (Å²) >= 11 is 1.57. The number of H-pyrrole nitrogens is 1. The van der Waals surface area contributed by atoms with Crippen LogP contribution in [0.1, 0.15) is 21.7 Å². The molecule has 0 bridgehead atoms. The number of aromatic amines is 1. The van der Waals surface area contributed by atoms with Crippen LogP contribution in [0.2, 0.25) is 0 Å². The molecule has 4 aromatic rings. The molecule has 0 atom stereocenters. The van der Waals surface area contributed by atoms with Gasteiger partial charge in [-0.1, -0.05) is 18.1 Å². The van der Waals surface area contributed by atoms with Crippen molar-refractivity contribution in [2.24, 2.45) is 0 Å². The molecule has 9 heteroatoms. The lowest BCUT2D eigenvalue weighted by molar-refractivity contribution is -0.115. The fraction of sp³-hybridized carbons (Fsp3) is 0.250. The molecular weight excluding hydrogens is 484 g/mol. The standard InChI is InChI=1S/C28H28N6O2S/c1-19-15-26-23(18-25(19)30-27(35)17-22-7-4-14-37-22)24(31-32-26)9-8-20-5-3-6-21(16-20)29-28(36)34-12-10-33(2)11-13-34/h3-7,14-16,18H,10-13,17H2,1-2H3,(H,29,36)(H,30,35)(H,31,32). The Balaban J connectivity index is 1.30. The van der Waals surface area contributed by atoms with E-state index in [0.717, 1.165) is 45.7 Å². The molecule has 2 aromatic heterocycles. The fourth-order valence-electron chi connectivity index (χ4n) is 4.18. The minimum absolute atomic E-state index is 0.0588. The Kier molecular flexibility index (Phi) is 7.21. The number of carbonyl (C=O) groups is 2. The molecule has 2 aromatic carbocycles. The van der Waals surface area contributed by atoms with Crippen LogP contribution >= 0.6 is 11.3 Å². The molecule has 188 valence electrons. The van der Waals surface area contributed by atoms with Crippen molar-refractivity contribution in [1.82, 2.24) is 20.0 Å². The first-order chi connectivity index (χ1) is 17.9. The van der Waals surface area contributed by atoms with Crippen LogP contribution in [0.15, 0.2) is 53.9 Å². The predicted octanol–water partition coefficient (Wildman–Crippen LogP) is 4.29. The van der Waals surface area contributed by atoms with Gasteiger partial charge in [0.05, 0.1) is 11.9 Å². The minimum atomic E-state index is -0.0956. The normalized spacial score (nSPS) is 13.7. The van der Waals surface area contributed by atoms with Crippen molar-refractivity contribution in [1.29, 1.82) is 0 Å². The van der Waals surface area contributed by atoms with Crippen LogP contribution in [0.3, 0.4) is 0 Å². The van der Waals surface area contributed by atoms with E-state index in [9.17, 15) is 9.59 Å². The van der Waals surface area contributed by atoms with Gasteiger partial charge < -0.3 is 20.4 Å². The Morgan fingerprint density at radius 2 is 1.89 bits per heavy atom. The second-order valence-corrected chi connectivity index (χ2v) is 10.2. The van der Waals surface area contributed by atoms with Crippen LogP contribution < -0.4 is 10.6 Å². The van der Waals surface area contributed by atoms with E-state index < -0.39 is 0 Å². The molecule has 0 aliphatic carbocycles. The average Bonchev–Trinajstić information content (AvgIpc) is 3.53. The van der Waals surface area contributed by atoms with Crippen molar-refractivity contribution >= 4 is 45.6 Å². The summed E-state index contributed by atoms with van der Waals surface area (Å²) in [5, 5.41) is 16.2. The van der Waals surface area contributed by atoms with E-state index in [-0.39, 0.29) is 11.9 Å². The van der Waals surface area contributed by atoms with Gasteiger partial charge >= 0.3 is 6.03 Å². The predicted molar refractivity (Wildman–Crippen MR) is 148 cm³/mol. The summed E-state index contributed by atoms with van der Waals surface area (Å²) in [6, 6.07) is 15.1. The summed E-state index contributed by atoms with van der Waals surface area (Å²) in [5.41, 5.74) is 4.60. The Morgan fingerprint density at radius 3 is 2.68 bits per heavy atom. The number of piperazine rings is 1. The van der Waals surface area contributed by atoms with Gasteiger partial charge in [-0.05, 0) is 67.2 Å². The lowest BCUT2D eigenvalue weighted by atomic mass is 10.1. The minimum Gasteiger partial charge on any atom is -0.326 e. The summed E-state index contributed by atoms with van der Waals surface area (Å²) in [6.45, 7) is 5.12. The van der Waals surface area contributed by atoms with Crippen LogP contribution in [0, 0.1) is 18.8 Å². The fourth-order valence-corrected chi connectivity index (χ4v) is 4.88. The molecule has 3 heterocycles. The van der Waals surface area contributed by atoms with Crippen molar-refractivity contribution < 1.29 is 9.59 Å². The number of thiophene rings is 1. The van der Waals surface area contributed by atoms with E-state index in [1.807, 2.05) is 65.7 Å². The molecule has 5 rings (SSSR count). The summed E-state index contributed by atoms with van der Waals surface area (Å²) in [5.74, 6) is 6.27. The zero-order chi connectivity index (χ0) is 25.8. The summed E-state index contributed by atoms with van der Waals surface area (Å²) < 4.78 is 0. The number of nitrogens with zero attached hydrogens (tertiary/aromatic N) is 3. The van der Waals surface area contributed by atoms with Gasteiger partial charge in [0.1, 0.15) is 5.69 Å². The summed E-state index contributed by atoms with van der Waals surface area (Å²) in [7, 11) is 2.06. The zero-order valence-electron chi connectivity index (χ0n) is 20.8. The van der Waals surface area contributed by atoms with Gasteiger partial charge in [-0.25, -0.2) is 4.79 Å². The number of urea groups is 1. The SMILES string of the molecule is Cc1cc2n[nH]c(C#Cc3cccc(NC(=O)N4CCN(C)CC4)c3)c2cc1NC(=O)Cc1cccs1. The second kappa shape index (κ2) is 10.9. The third-order valence-electron chi connectivity index (χ3n) is 6.33. The molecule has 1 saturated heterocycles. The number of benzene rings is 2. The molecule has 0 spiro atoms. The Hall–Kier alpha value is -4.13. The molecule has 1 aliphatic rings. The summed E-state index contributed by atoms with van der Waals surface area (Å²) in [4.78, 5) is 30.2. The highest BCUT2D eigenvalue weighted by atomic mass is 32.1. The van der Waals surface area contributed by atoms with Gasteiger partial charge in [0.2, 0.25) is 5.91 Å². The van der Waals surface area contributed by atoms with Crippen LogP contribution in [-0.4, -0.2) is 65.2 Å². The molecule has 37 heavy (non-hydrogen) atoms. The topological polar surface area (TPSA) is 93.4 Å². The molecule has 1 fully saturated rings. The van der Waals surface area contributed by atoms with Crippen molar-refractivity contribution in [2.75, 3.05) is 43.9 Å². The second-order valence-electron chi connectivity index (χ2n) is 9.14. The highest BCUT2D eigenvalue weighted by Crippen LogP contribution is 2.25. The maximum Gasteiger partial charge on any atom is 0.321 e. The van der Waals surface area contributed by atoms with Crippen LogP contribution in [0.5, 0.6) is 0 Å². The van der Waals surface area contributed by atoms with Crippen LogP contribution in [0.4, 0.5) is 16.2 Å². The van der Waals surface area contributed by atoms with Crippen molar-refractivity contribution in [3.63, 3.8) is 0 Å². The maximum atomic E-state index is 12.6. The smallest absolute Gasteiger partial charge is 0.321 e. The number of aromatic nitrogens is 2. The Labute approximate surface area is 219 Å². The monoisotopic (exact) mass is 512 g/mol. The van der Waals surface area contributed by atoms with Gasteiger partial charge in [0.25, 0.3) is 0 Å². The Morgan fingerprint density at radius 1 is 1.05 bits per heavy atom. The highest BCUT2D eigenvalue weighted by Gasteiger charge is 2.19. The first-order valence-corrected chi connectivity index (χ1v) is 13.0. The lowest BCUT2D eigenvalue weighted by Crippen LogP contribution is -2.48. The van der Waals surface area contributed by atoms with Crippen LogP contribution in [0.25, 0.3) is 10.9 Å². The number of hydrogen-bond donors (Lipinski definition) is 3. The van der Waals surface area contributed by atoms with Crippen molar-refractivity contribution in [2.45, 2.75) is 13.3 Å². The number of carbonyl (C=O) groups excluding carboxylic acids is 2. The summed E-state index contributed by atoms with van der Waals surface area (Å²) in [6.07, 6.45) is 0.342. The van der Waals surface area contributed by atoms with E-state index in [2.05, 4.69) is 44.6 Å². The van der Waals surface area contributed by atoms with Gasteiger partial charge in [0, 0.05) is 53.4 Å². The third kappa shape index (κ3) is 6.00. The van der Waals surface area contributed by atoms with E-state index in [1.165, 1.54) is 0 Å². The number of likely N-dealkylation sites (N-methyl/N-ethyl adjacent to an activating group) is 1. The first kappa shape index (κ1) is 24.6. The number of rotatable bonds is 4. The van der Waals surface area contributed by atoms with Gasteiger partial charge in [0.15, 0.2) is 0 Å². The van der Waals surface area contributed by atoms with Crippen LogP contribution in [-0.2, 0) is 11.2 Å². The molecule has 3 amide bonds. The van der Waals surface area contributed by atoms with Gasteiger partial charge in [-0.3, -0.25) is 9.89 Å². The number of fused-ring (bicyclic) bond motifs is 1. The number of hydrogen-bond acceptors (Lipinski definition) is 5. The first-order valence-electron chi connectivity index (χ1n) is 12.1. The molecule has 3 N–H and O–H groups in total. The number of nitrogens with one attached hydrogen (secondary N) is 3. The molecular formula is C28H28N6O2S. The van der Waals surface area contributed by atoms with Crippen molar-refractivity contribution in [3.05, 3.63) is 75.6 Å². The molecule has 0 unspecified atom stereocenters. The largest absolute Gasteiger partial charge is 0.326 e. The third-order valence-corrected chi connectivity index (χ3v) is 7.20. The number of anilines is 2. The molecule has 0 radical (unpaired) electrons. The highest BCUT2D eigenvalue weighted by molar-refractivity contribution is 7.10. The lowest BCUT2D eigenvalue weighted by Gasteiger charge is -2.32. The maximum absolute atomic E-state index is 12.6. The van der Waals surface area contributed by atoms with E-state index >= 15 is 0 Å². The van der Waals surface area contributed by atoms with Gasteiger partial charge in [-0.15, -0.1) is 11.3 Å². The number of aryl methyl sites for hydroxylation is 1. The number of amides is 3. The quantitative estimate of drug-likeness (QED) is 0.356. The molecule has 8 nitrogen and oxygen atoms in total. The van der Waals surface area contributed by atoms with Gasteiger partial charge in [-0.2, -0.15) is 5.10 Å². The molecule has 1 aliphatic heterocycles. The zero-order valence-corrected chi connectivity index (χ0v) is 21.6. The van der Waals surface area contributed by atoms with E-state index in [0.29, 0.717) is 30.9 Å². The van der Waals surface area contributed by atoms with E-state index in [4.69, 9.17) is 0 Å². The van der Waals surface area contributed by atoms with E-state index in [1.54, 1.807) is 11.3 Å². The van der Waals surface area contributed by atoms with Crippen molar-refractivity contribution in [3.8, 4) is 11.8 Å². The Bertz CT molecular complexity index is 1490. The molecule has 0 saturated carbocycles. The average molecular weight is 513 g/mol.